The third-order valence-corrected chi connectivity index (χ3v) is 2.96. The third-order valence-electron chi connectivity index (χ3n) is 2.96. The van der Waals surface area contributed by atoms with Crippen LogP contribution in [0, 0.1) is 11.8 Å². The summed E-state index contributed by atoms with van der Waals surface area (Å²) in [5.74, 6) is -0.0792. The van der Waals surface area contributed by atoms with Crippen LogP contribution < -0.4 is 0 Å². The van der Waals surface area contributed by atoms with E-state index in [0.29, 0.717) is 13.2 Å². The molecule has 2 saturated heterocycles. The van der Waals surface area contributed by atoms with E-state index in [4.69, 9.17) is 14.2 Å². The highest BCUT2D eigenvalue weighted by molar-refractivity contribution is 5.74. The minimum atomic E-state index is -0.181. The van der Waals surface area contributed by atoms with E-state index in [1.807, 2.05) is 13.8 Å². The van der Waals surface area contributed by atoms with Gasteiger partial charge in [-0.15, -0.1) is 0 Å². The summed E-state index contributed by atoms with van der Waals surface area (Å²) in [6, 6.07) is 0. The number of fused-ring (bicyclic) bond motifs is 1. The lowest BCUT2D eigenvalue weighted by Gasteiger charge is -2.16. The van der Waals surface area contributed by atoms with Crippen LogP contribution in [0.1, 0.15) is 20.3 Å². The molecule has 2 heterocycles. The third kappa shape index (κ3) is 1.53. The molecular weight excluding hydrogens is 184 g/mol. The summed E-state index contributed by atoms with van der Waals surface area (Å²) in [6.07, 6.45) is 0.641. The molecule has 0 aliphatic carbocycles. The van der Waals surface area contributed by atoms with E-state index in [-0.39, 0.29) is 30.2 Å². The summed E-state index contributed by atoms with van der Waals surface area (Å²) >= 11 is 0. The zero-order valence-electron chi connectivity index (χ0n) is 8.56. The van der Waals surface area contributed by atoms with Crippen molar-refractivity contribution in [2.24, 2.45) is 11.8 Å². The van der Waals surface area contributed by atoms with Crippen LogP contribution in [-0.2, 0) is 19.0 Å². The predicted molar refractivity (Wildman–Crippen MR) is 48.5 cm³/mol. The Hall–Kier alpha value is -0.610. The molecule has 2 rings (SSSR count). The van der Waals surface area contributed by atoms with E-state index >= 15 is 0 Å². The van der Waals surface area contributed by atoms with E-state index < -0.39 is 0 Å². The molecule has 2 aliphatic heterocycles. The first-order valence-corrected chi connectivity index (χ1v) is 5.17. The van der Waals surface area contributed by atoms with Crippen molar-refractivity contribution in [2.75, 3.05) is 13.2 Å². The lowest BCUT2D eigenvalue weighted by atomic mass is 9.89. The number of hydrogen-bond acceptors (Lipinski definition) is 4. The molecule has 2 aliphatic rings. The normalized spacial score (nSPS) is 41.0. The molecule has 0 amide bonds. The second-order valence-corrected chi connectivity index (χ2v) is 3.81. The molecule has 0 radical (unpaired) electrons. The first kappa shape index (κ1) is 9.93. The quantitative estimate of drug-likeness (QED) is 0.622. The Bertz CT molecular complexity index is 228. The maximum absolute atomic E-state index is 11.6. The summed E-state index contributed by atoms with van der Waals surface area (Å²) in [4.78, 5) is 11.6. The summed E-state index contributed by atoms with van der Waals surface area (Å²) in [7, 11) is 0. The van der Waals surface area contributed by atoms with Crippen molar-refractivity contribution in [2.45, 2.75) is 32.7 Å². The maximum Gasteiger partial charge on any atom is 0.312 e. The van der Waals surface area contributed by atoms with Crippen molar-refractivity contribution in [3.05, 3.63) is 0 Å². The molecule has 0 saturated carbocycles. The highest BCUT2D eigenvalue weighted by Crippen LogP contribution is 2.40. The Morgan fingerprint density at radius 3 is 3.07 bits per heavy atom. The number of carbonyl (C=O) groups excluding carboxylic acids is 1. The molecule has 0 N–H and O–H groups in total. The van der Waals surface area contributed by atoms with Crippen LogP contribution in [0.4, 0.5) is 0 Å². The molecule has 80 valence electrons. The number of esters is 1. The SMILES string of the molecule is CCOC(=O)[C@H]1[C@H]2CCO[C@@H]2O[C@@H]1C. The summed E-state index contributed by atoms with van der Waals surface area (Å²) in [6.45, 7) is 4.85. The fraction of sp³-hybridized carbons (Fsp3) is 0.900. The standard InChI is InChI=1S/C10H16O4/c1-3-12-9(11)8-6(2)14-10-7(8)4-5-13-10/h6-8,10H,3-5H2,1-2H3/t6-,7-,8-,10-/m1/s1. The second-order valence-electron chi connectivity index (χ2n) is 3.81. The Morgan fingerprint density at radius 1 is 1.57 bits per heavy atom. The summed E-state index contributed by atoms with van der Waals surface area (Å²) in [5.41, 5.74) is 0. The lowest BCUT2D eigenvalue weighted by Crippen LogP contribution is -2.29. The van der Waals surface area contributed by atoms with Crippen molar-refractivity contribution in [1.82, 2.24) is 0 Å². The van der Waals surface area contributed by atoms with Gasteiger partial charge >= 0.3 is 5.97 Å². The van der Waals surface area contributed by atoms with Gasteiger partial charge in [0.1, 0.15) is 0 Å². The first-order chi connectivity index (χ1) is 6.74. The van der Waals surface area contributed by atoms with E-state index in [0.717, 1.165) is 6.42 Å². The number of ether oxygens (including phenoxy) is 3. The van der Waals surface area contributed by atoms with Gasteiger partial charge in [-0.3, -0.25) is 4.79 Å². The molecule has 4 atom stereocenters. The minimum absolute atomic E-state index is 0.0793. The molecule has 0 bridgehead atoms. The van der Waals surface area contributed by atoms with Crippen molar-refractivity contribution in [3.8, 4) is 0 Å². The van der Waals surface area contributed by atoms with Crippen LogP contribution in [0.5, 0.6) is 0 Å². The van der Waals surface area contributed by atoms with Crippen LogP contribution >= 0.6 is 0 Å². The highest BCUT2D eigenvalue weighted by atomic mass is 16.7. The number of carbonyl (C=O) groups is 1. The zero-order chi connectivity index (χ0) is 10.1. The predicted octanol–water partition coefficient (Wildman–Crippen LogP) is 0.947. The second kappa shape index (κ2) is 3.87. The van der Waals surface area contributed by atoms with Crippen molar-refractivity contribution in [1.29, 1.82) is 0 Å². The first-order valence-electron chi connectivity index (χ1n) is 5.17. The number of hydrogen-bond donors (Lipinski definition) is 0. The van der Waals surface area contributed by atoms with Gasteiger partial charge in [0.05, 0.1) is 25.2 Å². The van der Waals surface area contributed by atoms with Gasteiger partial charge in [0.15, 0.2) is 6.29 Å². The smallest absolute Gasteiger partial charge is 0.312 e. The molecule has 14 heavy (non-hydrogen) atoms. The van der Waals surface area contributed by atoms with Gasteiger partial charge in [0.2, 0.25) is 0 Å². The summed E-state index contributed by atoms with van der Waals surface area (Å²) in [5, 5.41) is 0. The van der Waals surface area contributed by atoms with E-state index in [2.05, 4.69) is 0 Å². The highest BCUT2D eigenvalue weighted by Gasteiger charge is 2.50. The minimum Gasteiger partial charge on any atom is -0.466 e. The largest absolute Gasteiger partial charge is 0.466 e. The van der Waals surface area contributed by atoms with Gasteiger partial charge in [0.25, 0.3) is 0 Å². The van der Waals surface area contributed by atoms with Crippen LogP contribution in [0.3, 0.4) is 0 Å². The van der Waals surface area contributed by atoms with Gasteiger partial charge in [0, 0.05) is 5.92 Å². The lowest BCUT2D eigenvalue weighted by molar-refractivity contribution is -0.151. The summed E-state index contributed by atoms with van der Waals surface area (Å²) < 4.78 is 15.9. The van der Waals surface area contributed by atoms with Gasteiger partial charge in [-0.1, -0.05) is 0 Å². The monoisotopic (exact) mass is 200 g/mol. The van der Waals surface area contributed by atoms with Gasteiger partial charge in [-0.2, -0.15) is 0 Å². The van der Waals surface area contributed by atoms with Crippen molar-refractivity contribution >= 4 is 5.97 Å². The van der Waals surface area contributed by atoms with E-state index in [1.165, 1.54) is 0 Å². The molecule has 2 fully saturated rings. The molecule has 0 aromatic heterocycles. The van der Waals surface area contributed by atoms with E-state index in [1.54, 1.807) is 0 Å². The Kier molecular flexibility index (Phi) is 2.74. The van der Waals surface area contributed by atoms with E-state index in [9.17, 15) is 4.79 Å². The molecule has 4 nitrogen and oxygen atoms in total. The average molecular weight is 200 g/mol. The molecule has 0 aromatic rings. The van der Waals surface area contributed by atoms with Crippen molar-refractivity contribution in [3.63, 3.8) is 0 Å². The van der Waals surface area contributed by atoms with Gasteiger partial charge in [-0.05, 0) is 20.3 Å². The molecule has 0 aromatic carbocycles. The zero-order valence-corrected chi connectivity index (χ0v) is 8.56. The molecule has 0 spiro atoms. The van der Waals surface area contributed by atoms with Crippen LogP contribution in [-0.4, -0.2) is 31.6 Å². The molecular formula is C10H16O4. The number of rotatable bonds is 2. The van der Waals surface area contributed by atoms with Crippen molar-refractivity contribution < 1.29 is 19.0 Å². The Labute approximate surface area is 83.5 Å². The average Bonchev–Trinajstić information content (AvgIpc) is 2.63. The topological polar surface area (TPSA) is 44.8 Å². The maximum atomic E-state index is 11.6. The Morgan fingerprint density at radius 2 is 2.36 bits per heavy atom. The fourth-order valence-corrected chi connectivity index (χ4v) is 2.32. The Balaban J connectivity index is 2.05. The fourth-order valence-electron chi connectivity index (χ4n) is 2.32. The van der Waals surface area contributed by atoms with Crippen LogP contribution in [0.25, 0.3) is 0 Å². The molecule has 4 heteroatoms. The van der Waals surface area contributed by atoms with Crippen LogP contribution in [0.2, 0.25) is 0 Å². The van der Waals surface area contributed by atoms with Crippen LogP contribution in [0.15, 0.2) is 0 Å². The van der Waals surface area contributed by atoms with Gasteiger partial charge in [-0.25, -0.2) is 0 Å². The molecule has 0 unspecified atom stereocenters. The van der Waals surface area contributed by atoms with Gasteiger partial charge < -0.3 is 14.2 Å².